The summed E-state index contributed by atoms with van der Waals surface area (Å²) in [4.78, 5) is 31.9. The summed E-state index contributed by atoms with van der Waals surface area (Å²) in [5.41, 5.74) is 1.75. The van der Waals surface area contributed by atoms with Crippen LogP contribution in [-0.4, -0.2) is 35.1 Å². The van der Waals surface area contributed by atoms with E-state index >= 15 is 0 Å². The lowest BCUT2D eigenvalue weighted by atomic mass is 10.2. The number of sulfonamides is 1. The molecular formula is C26H22Cl2N4O4S. The second kappa shape index (κ2) is 11.3. The molecule has 1 aromatic heterocycles. The predicted molar refractivity (Wildman–Crippen MR) is 144 cm³/mol. The quantitative estimate of drug-likeness (QED) is 0.321. The van der Waals surface area contributed by atoms with Crippen LogP contribution in [0.2, 0.25) is 10.0 Å². The first-order valence-corrected chi connectivity index (χ1v) is 13.3. The molecule has 0 bridgehead atoms. The van der Waals surface area contributed by atoms with E-state index in [1.807, 2.05) is 0 Å². The highest BCUT2D eigenvalue weighted by Crippen LogP contribution is 2.25. The van der Waals surface area contributed by atoms with Crippen LogP contribution >= 0.6 is 23.2 Å². The average Bonchev–Trinajstić information content (AvgIpc) is 2.85. The molecule has 0 aliphatic carbocycles. The summed E-state index contributed by atoms with van der Waals surface area (Å²) in [6.07, 6.45) is 0. The van der Waals surface area contributed by atoms with Crippen molar-refractivity contribution in [1.29, 1.82) is 0 Å². The Morgan fingerprint density at radius 1 is 1.00 bits per heavy atom. The third-order valence-electron chi connectivity index (χ3n) is 5.35. The first-order valence-electron chi connectivity index (χ1n) is 11.1. The van der Waals surface area contributed by atoms with Gasteiger partial charge in [0.2, 0.25) is 15.9 Å². The van der Waals surface area contributed by atoms with Crippen LogP contribution < -0.4 is 10.9 Å². The average molecular weight is 557 g/mol. The van der Waals surface area contributed by atoms with Gasteiger partial charge in [0.1, 0.15) is 5.82 Å². The van der Waals surface area contributed by atoms with E-state index in [9.17, 15) is 18.0 Å². The number of nitrogens with one attached hydrogen (secondary N) is 2. The Labute approximate surface area is 224 Å². The van der Waals surface area contributed by atoms with Gasteiger partial charge in [-0.2, -0.15) is 4.31 Å². The van der Waals surface area contributed by atoms with Gasteiger partial charge >= 0.3 is 0 Å². The zero-order chi connectivity index (χ0) is 26.6. The molecule has 8 nitrogen and oxygen atoms in total. The molecule has 1 amide bonds. The maximum Gasteiger partial charge on any atom is 0.251 e. The number of aromatic nitrogens is 2. The zero-order valence-corrected chi connectivity index (χ0v) is 21.9. The number of hydrogen-bond acceptors (Lipinski definition) is 5. The number of carbonyl (C=O) groups is 1. The van der Waals surface area contributed by atoms with Crippen molar-refractivity contribution in [3.8, 4) is 11.4 Å². The minimum Gasteiger partial charge on any atom is -0.325 e. The summed E-state index contributed by atoms with van der Waals surface area (Å²) >= 11 is 12.3. The standard InChI is InChI=1S/C26H22Cl2N4O4S/c1-17-12-24(33)31-26(29-17)18-6-5-7-21(13-18)30-25(34)16-32(15-19-10-11-20(27)14-23(19)28)37(35,36)22-8-3-2-4-9-22/h2-14H,15-16H2,1H3,(H,30,34)(H,29,31,33). The SMILES string of the molecule is Cc1cc(=O)[nH]c(-c2cccc(NC(=O)CN(Cc3ccc(Cl)cc3Cl)S(=O)(=O)c3ccccc3)c2)n1. The van der Waals surface area contributed by atoms with Crippen LogP contribution in [0.3, 0.4) is 0 Å². The number of aromatic amines is 1. The molecular weight excluding hydrogens is 535 g/mol. The summed E-state index contributed by atoms with van der Waals surface area (Å²) in [7, 11) is -4.04. The Balaban J connectivity index is 1.60. The highest BCUT2D eigenvalue weighted by molar-refractivity contribution is 7.89. The van der Waals surface area contributed by atoms with Crippen molar-refractivity contribution >= 4 is 44.8 Å². The fourth-order valence-electron chi connectivity index (χ4n) is 3.63. The van der Waals surface area contributed by atoms with Gasteiger partial charge in [0.05, 0.1) is 11.4 Å². The molecule has 0 fully saturated rings. The van der Waals surface area contributed by atoms with E-state index in [-0.39, 0.29) is 22.0 Å². The number of rotatable bonds is 8. The van der Waals surface area contributed by atoms with Gasteiger partial charge in [-0.15, -0.1) is 0 Å². The second-order valence-electron chi connectivity index (χ2n) is 8.19. The number of anilines is 1. The van der Waals surface area contributed by atoms with Crippen molar-refractivity contribution in [2.45, 2.75) is 18.4 Å². The largest absolute Gasteiger partial charge is 0.325 e. The van der Waals surface area contributed by atoms with Gasteiger partial charge < -0.3 is 10.3 Å². The van der Waals surface area contributed by atoms with Gasteiger partial charge in [-0.25, -0.2) is 13.4 Å². The molecule has 0 atom stereocenters. The molecule has 0 aliphatic heterocycles. The van der Waals surface area contributed by atoms with Crippen LogP contribution in [0.15, 0.2) is 88.6 Å². The van der Waals surface area contributed by atoms with Crippen molar-refractivity contribution in [2.24, 2.45) is 0 Å². The van der Waals surface area contributed by atoms with E-state index in [4.69, 9.17) is 23.2 Å². The van der Waals surface area contributed by atoms with Gasteiger partial charge in [0.15, 0.2) is 0 Å². The number of amides is 1. The summed E-state index contributed by atoms with van der Waals surface area (Å²) < 4.78 is 27.9. The Morgan fingerprint density at radius 3 is 2.46 bits per heavy atom. The zero-order valence-electron chi connectivity index (χ0n) is 19.6. The Bertz CT molecular complexity index is 1610. The Kier molecular flexibility index (Phi) is 8.09. The highest BCUT2D eigenvalue weighted by atomic mass is 35.5. The van der Waals surface area contributed by atoms with Gasteiger partial charge in [-0.1, -0.05) is 59.6 Å². The lowest BCUT2D eigenvalue weighted by Gasteiger charge is -2.22. The smallest absolute Gasteiger partial charge is 0.251 e. The summed E-state index contributed by atoms with van der Waals surface area (Å²) in [5.74, 6) is -0.209. The van der Waals surface area contributed by atoms with Gasteiger partial charge in [0.25, 0.3) is 5.56 Å². The molecule has 1 heterocycles. The Hall–Kier alpha value is -3.50. The van der Waals surface area contributed by atoms with E-state index in [1.165, 1.54) is 24.3 Å². The highest BCUT2D eigenvalue weighted by Gasteiger charge is 2.27. The number of benzene rings is 3. The number of nitrogens with zero attached hydrogens (tertiary/aromatic N) is 2. The van der Waals surface area contributed by atoms with E-state index in [0.717, 1.165) is 4.31 Å². The number of H-pyrrole nitrogens is 1. The van der Waals surface area contributed by atoms with Gasteiger partial charge in [-0.05, 0) is 48.9 Å². The predicted octanol–water partition coefficient (Wildman–Crippen LogP) is 4.88. The third-order valence-corrected chi connectivity index (χ3v) is 7.75. The summed E-state index contributed by atoms with van der Waals surface area (Å²) in [6.45, 7) is 1.09. The van der Waals surface area contributed by atoms with Crippen LogP contribution in [0, 0.1) is 6.92 Å². The Morgan fingerprint density at radius 2 is 1.76 bits per heavy atom. The number of hydrogen-bond donors (Lipinski definition) is 2. The fourth-order valence-corrected chi connectivity index (χ4v) is 5.49. The van der Waals surface area contributed by atoms with Crippen molar-refractivity contribution in [1.82, 2.24) is 14.3 Å². The van der Waals surface area contributed by atoms with Crippen molar-refractivity contribution in [3.05, 3.63) is 111 Å². The molecule has 0 saturated heterocycles. The monoisotopic (exact) mass is 556 g/mol. The van der Waals surface area contributed by atoms with Crippen LogP contribution in [0.4, 0.5) is 5.69 Å². The minimum absolute atomic E-state index is 0.0457. The number of carbonyl (C=O) groups excluding carboxylic acids is 1. The molecule has 2 N–H and O–H groups in total. The van der Waals surface area contributed by atoms with Crippen molar-refractivity contribution in [2.75, 3.05) is 11.9 Å². The molecule has 11 heteroatoms. The molecule has 4 aromatic rings. The van der Waals surface area contributed by atoms with Crippen molar-refractivity contribution in [3.63, 3.8) is 0 Å². The second-order valence-corrected chi connectivity index (χ2v) is 11.0. The van der Waals surface area contributed by atoms with E-state index in [1.54, 1.807) is 61.5 Å². The molecule has 190 valence electrons. The first kappa shape index (κ1) is 26.6. The molecule has 0 radical (unpaired) electrons. The van der Waals surface area contributed by atoms with Gasteiger partial charge in [0, 0.05) is 39.6 Å². The summed E-state index contributed by atoms with van der Waals surface area (Å²) in [6, 6.07) is 20.7. The molecule has 0 aliphatic rings. The lowest BCUT2D eigenvalue weighted by molar-refractivity contribution is -0.116. The maximum atomic E-state index is 13.4. The molecule has 37 heavy (non-hydrogen) atoms. The number of halogens is 2. The van der Waals surface area contributed by atoms with Crippen LogP contribution in [0.5, 0.6) is 0 Å². The molecule has 3 aromatic carbocycles. The van der Waals surface area contributed by atoms with Crippen molar-refractivity contribution < 1.29 is 13.2 Å². The molecule has 0 saturated carbocycles. The van der Waals surface area contributed by atoms with Crippen LogP contribution in [0.1, 0.15) is 11.3 Å². The molecule has 0 spiro atoms. The van der Waals surface area contributed by atoms with Gasteiger partial charge in [-0.3, -0.25) is 9.59 Å². The fraction of sp³-hybridized carbons (Fsp3) is 0.115. The molecule has 4 rings (SSSR count). The maximum absolute atomic E-state index is 13.4. The third kappa shape index (κ3) is 6.64. The lowest BCUT2D eigenvalue weighted by Crippen LogP contribution is -2.37. The minimum atomic E-state index is -4.04. The summed E-state index contributed by atoms with van der Waals surface area (Å²) in [5, 5.41) is 3.42. The van der Waals surface area contributed by atoms with E-state index in [0.29, 0.717) is 33.4 Å². The van der Waals surface area contributed by atoms with Crippen LogP contribution in [-0.2, 0) is 21.4 Å². The van der Waals surface area contributed by atoms with E-state index < -0.39 is 22.5 Å². The molecule has 0 unspecified atom stereocenters. The van der Waals surface area contributed by atoms with Crippen LogP contribution in [0.25, 0.3) is 11.4 Å². The van der Waals surface area contributed by atoms with E-state index in [2.05, 4.69) is 15.3 Å². The normalized spacial score (nSPS) is 11.5. The first-order chi connectivity index (χ1) is 17.6. The topological polar surface area (TPSA) is 112 Å². The number of aryl methyl sites for hydroxylation is 1.